The van der Waals surface area contributed by atoms with Crippen LogP contribution in [0.5, 0.6) is 0 Å². The number of imidazole rings is 1. The lowest BCUT2D eigenvalue weighted by Crippen LogP contribution is -2.05. The van der Waals surface area contributed by atoms with Crippen molar-refractivity contribution in [3.63, 3.8) is 0 Å². The van der Waals surface area contributed by atoms with E-state index in [2.05, 4.69) is 15.0 Å². The fourth-order valence-electron chi connectivity index (χ4n) is 3.71. The van der Waals surface area contributed by atoms with Gasteiger partial charge in [0.2, 0.25) is 0 Å². The lowest BCUT2D eigenvalue weighted by Gasteiger charge is -2.04. The number of aromatic nitrogens is 3. The van der Waals surface area contributed by atoms with Gasteiger partial charge in [0.1, 0.15) is 5.82 Å². The molecule has 0 saturated heterocycles. The molecule has 2 aromatic heterocycles. The smallest absolute Gasteiger partial charge is 0.168 e. The number of pyridine rings is 1. The molecule has 30 heavy (non-hydrogen) atoms. The third-order valence-corrected chi connectivity index (χ3v) is 5.58. The number of carbonyl (C=O) groups is 1. The van der Waals surface area contributed by atoms with E-state index in [9.17, 15) is 4.79 Å². The van der Waals surface area contributed by atoms with Gasteiger partial charge in [0.25, 0.3) is 0 Å². The van der Waals surface area contributed by atoms with Gasteiger partial charge in [0.15, 0.2) is 5.78 Å². The van der Waals surface area contributed by atoms with E-state index in [-0.39, 0.29) is 12.2 Å². The maximum atomic E-state index is 12.9. The van der Waals surface area contributed by atoms with E-state index >= 15 is 0 Å². The Morgan fingerprint density at radius 2 is 1.80 bits per heavy atom. The lowest BCUT2D eigenvalue weighted by molar-refractivity contribution is 0.0992. The number of hydrogen-bond donors (Lipinski definition) is 1. The van der Waals surface area contributed by atoms with Crippen LogP contribution < -0.4 is 0 Å². The number of Topliss-reactive ketones (excluding diaryl/α,β-unsaturated/α-hetero) is 1. The summed E-state index contributed by atoms with van der Waals surface area (Å²) in [5.74, 6) is 0.721. The number of aromatic amines is 1. The first-order valence-electron chi connectivity index (χ1n) is 9.71. The van der Waals surface area contributed by atoms with Gasteiger partial charge in [-0.3, -0.25) is 9.78 Å². The van der Waals surface area contributed by atoms with Crippen molar-refractivity contribution in [2.75, 3.05) is 0 Å². The molecule has 2 heterocycles. The van der Waals surface area contributed by atoms with Crippen molar-refractivity contribution in [1.82, 2.24) is 15.0 Å². The molecule has 0 unspecified atom stereocenters. The van der Waals surface area contributed by atoms with E-state index in [1.54, 1.807) is 0 Å². The van der Waals surface area contributed by atoms with Gasteiger partial charge in [-0.1, -0.05) is 48.0 Å². The predicted octanol–water partition coefficient (Wildman–Crippen LogP) is 6.17. The molecule has 0 spiro atoms. The van der Waals surface area contributed by atoms with E-state index in [4.69, 9.17) is 11.6 Å². The van der Waals surface area contributed by atoms with Crippen LogP contribution in [0, 0.1) is 6.92 Å². The number of benzene rings is 3. The van der Waals surface area contributed by atoms with Crippen LogP contribution in [0.3, 0.4) is 0 Å². The van der Waals surface area contributed by atoms with Gasteiger partial charge < -0.3 is 4.98 Å². The van der Waals surface area contributed by atoms with E-state index in [0.29, 0.717) is 16.4 Å². The van der Waals surface area contributed by atoms with Gasteiger partial charge >= 0.3 is 0 Å². The van der Waals surface area contributed by atoms with Crippen molar-refractivity contribution in [3.8, 4) is 11.4 Å². The second-order valence-corrected chi connectivity index (χ2v) is 7.75. The second kappa shape index (κ2) is 7.39. The summed E-state index contributed by atoms with van der Waals surface area (Å²) in [6, 6.07) is 23.1. The number of nitrogens with one attached hydrogen (secondary N) is 1. The number of ketones is 1. The Hall–Kier alpha value is -3.50. The highest BCUT2D eigenvalue weighted by atomic mass is 35.5. The minimum atomic E-state index is 0.0183. The largest absolute Gasteiger partial charge is 0.338 e. The number of nitrogens with zero attached hydrogens (tertiary/aromatic N) is 2. The molecular weight excluding hydrogens is 394 g/mol. The van der Waals surface area contributed by atoms with E-state index < -0.39 is 0 Å². The summed E-state index contributed by atoms with van der Waals surface area (Å²) in [5, 5.41) is 1.71. The number of fused-ring (bicyclic) bond motifs is 2. The minimum Gasteiger partial charge on any atom is -0.338 e. The zero-order valence-corrected chi connectivity index (χ0v) is 17.1. The zero-order valence-electron chi connectivity index (χ0n) is 16.3. The van der Waals surface area contributed by atoms with Crippen LogP contribution in [0.4, 0.5) is 0 Å². The molecule has 0 aliphatic rings. The maximum absolute atomic E-state index is 12.9. The molecule has 4 nitrogen and oxygen atoms in total. The van der Waals surface area contributed by atoms with Crippen LogP contribution >= 0.6 is 11.6 Å². The van der Waals surface area contributed by atoms with Gasteiger partial charge in [-0.25, -0.2) is 4.98 Å². The molecule has 0 fully saturated rings. The van der Waals surface area contributed by atoms with Crippen LogP contribution in [-0.4, -0.2) is 20.7 Å². The molecule has 0 saturated carbocycles. The summed E-state index contributed by atoms with van der Waals surface area (Å²) >= 11 is 6.38. The van der Waals surface area contributed by atoms with Crippen molar-refractivity contribution >= 4 is 39.3 Å². The lowest BCUT2D eigenvalue weighted by atomic mass is 10.0. The molecular formula is C25H18ClN3O. The quantitative estimate of drug-likeness (QED) is 0.360. The average Bonchev–Trinajstić information content (AvgIpc) is 3.16. The van der Waals surface area contributed by atoms with Crippen LogP contribution in [-0.2, 0) is 6.42 Å². The molecule has 0 atom stereocenters. The Bertz CT molecular complexity index is 1400. The third-order valence-electron chi connectivity index (χ3n) is 5.26. The Morgan fingerprint density at radius 3 is 2.67 bits per heavy atom. The van der Waals surface area contributed by atoms with Crippen molar-refractivity contribution in [2.45, 2.75) is 13.3 Å². The molecule has 146 valence electrons. The topological polar surface area (TPSA) is 58.6 Å². The Balaban J connectivity index is 1.46. The Kier molecular flexibility index (Phi) is 4.57. The molecule has 0 amide bonds. The van der Waals surface area contributed by atoms with Gasteiger partial charge in [0, 0.05) is 22.2 Å². The van der Waals surface area contributed by atoms with Crippen LogP contribution in [0.1, 0.15) is 21.6 Å². The van der Waals surface area contributed by atoms with Crippen LogP contribution in [0.15, 0.2) is 72.8 Å². The normalized spacial score (nSPS) is 11.3. The molecule has 1 N–H and O–H groups in total. The summed E-state index contributed by atoms with van der Waals surface area (Å²) in [7, 11) is 0. The van der Waals surface area contributed by atoms with E-state index in [1.165, 1.54) is 0 Å². The summed E-state index contributed by atoms with van der Waals surface area (Å²) in [4.78, 5) is 25.5. The van der Waals surface area contributed by atoms with Gasteiger partial charge in [-0.05, 0) is 48.9 Å². The molecule has 0 radical (unpaired) electrons. The highest BCUT2D eigenvalue weighted by Crippen LogP contribution is 2.30. The van der Waals surface area contributed by atoms with Crippen LogP contribution in [0.2, 0.25) is 5.02 Å². The number of hydrogen-bond acceptors (Lipinski definition) is 3. The molecule has 5 rings (SSSR count). The fourth-order valence-corrected chi connectivity index (χ4v) is 4.02. The van der Waals surface area contributed by atoms with Crippen LogP contribution in [0.25, 0.3) is 33.3 Å². The van der Waals surface area contributed by atoms with Crippen molar-refractivity contribution in [2.24, 2.45) is 0 Å². The highest BCUT2D eigenvalue weighted by molar-refractivity contribution is 6.33. The molecule has 0 aliphatic heterocycles. The summed E-state index contributed by atoms with van der Waals surface area (Å²) < 4.78 is 0. The predicted molar refractivity (Wildman–Crippen MR) is 121 cm³/mol. The molecule has 5 aromatic rings. The Labute approximate surface area is 178 Å². The highest BCUT2D eigenvalue weighted by Gasteiger charge is 2.14. The maximum Gasteiger partial charge on any atom is 0.168 e. The number of aryl methyl sites for hydroxylation is 1. The number of carbonyl (C=O) groups excluding carboxylic acids is 1. The summed E-state index contributed by atoms with van der Waals surface area (Å²) in [6.45, 7) is 2.00. The molecule has 3 aromatic carbocycles. The van der Waals surface area contributed by atoms with Crippen molar-refractivity contribution < 1.29 is 4.79 Å². The monoisotopic (exact) mass is 411 g/mol. The second-order valence-electron chi connectivity index (χ2n) is 7.34. The van der Waals surface area contributed by atoms with Crippen molar-refractivity contribution in [1.29, 1.82) is 0 Å². The first-order chi connectivity index (χ1) is 14.6. The number of rotatable bonds is 4. The van der Waals surface area contributed by atoms with E-state index in [0.717, 1.165) is 38.8 Å². The molecule has 0 aliphatic carbocycles. The van der Waals surface area contributed by atoms with Gasteiger partial charge in [-0.2, -0.15) is 0 Å². The first-order valence-corrected chi connectivity index (χ1v) is 10.1. The standard InChI is InChI=1S/C25H18ClN3O/c1-15-5-4-7-19(26)24(15)25-28-21-12-10-17(13-22(21)29-25)23(30)14-18-11-9-16-6-2-3-8-20(16)27-18/h2-13H,14H2,1H3,(H,28,29). The SMILES string of the molecule is Cc1cccc(Cl)c1-c1nc2ccc(C(=O)Cc3ccc4ccccc4n3)cc2[nH]1. The summed E-state index contributed by atoms with van der Waals surface area (Å²) in [5.41, 5.74) is 5.81. The molecule has 0 bridgehead atoms. The zero-order chi connectivity index (χ0) is 20.7. The summed E-state index contributed by atoms with van der Waals surface area (Å²) in [6.07, 6.45) is 0.251. The molecule has 5 heteroatoms. The number of H-pyrrole nitrogens is 1. The average molecular weight is 412 g/mol. The van der Waals surface area contributed by atoms with E-state index in [1.807, 2.05) is 79.7 Å². The fraction of sp³-hybridized carbons (Fsp3) is 0.0800. The number of halogens is 1. The minimum absolute atomic E-state index is 0.0183. The third kappa shape index (κ3) is 3.36. The first kappa shape index (κ1) is 18.5. The number of para-hydroxylation sites is 1. The van der Waals surface area contributed by atoms with Gasteiger partial charge in [0.05, 0.1) is 28.0 Å². The van der Waals surface area contributed by atoms with Crippen molar-refractivity contribution in [3.05, 3.63) is 94.6 Å². The van der Waals surface area contributed by atoms with Gasteiger partial charge in [-0.15, -0.1) is 0 Å². The Morgan fingerprint density at radius 1 is 0.933 bits per heavy atom.